The fourth-order valence-corrected chi connectivity index (χ4v) is 3.54. The molecule has 1 aromatic heterocycles. The van der Waals surface area contributed by atoms with Gasteiger partial charge in [-0.15, -0.1) is 11.8 Å². The highest BCUT2D eigenvalue weighted by Gasteiger charge is 2.21. The molecular formula is C19H21N5OS. The highest BCUT2D eigenvalue weighted by Crippen LogP contribution is 2.16. The SMILES string of the molecule is N#Cc1ccnc(N2CCN(C(=O)NCCSc3ccccc3)CC2)c1. The zero-order valence-electron chi connectivity index (χ0n) is 14.5. The number of hydrogen-bond acceptors (Lipinski definition) is 5. The van der Waals surface area contributed by atoms with Crippen molar-refractivity contribution >= 4 is 23.6 Å². The van der Waals surface area contributed by atoms with Crippen LogP contribution in [-0.2, 0) is 0 Å². The Morgan fingerprint density at radius 1 is 1.19 bits per heavy atom. The van der Waals surface area contributed by atoms with Crippen LogP contribution in [-0.4, -0.2) is 54.4 Å². The number of piperazine rings is 1. The van der Waals surface area contributed by atoms with Gasteiger partial charge in [0.2, 0.25) is 0 Å². The van der Waals surface area contributed by atoms with Gasteiger partial charge < -0.3 is 15.1 Å². The summed E-state index contributed by atoms with van der Waals surface area (Å²) in [4.78, 5) is 21.8. The molecule has 26 heavy (non-hydrogen) atoms. The van der Waals surface area contributed by atoms with E-state index in [4.69, 9.17) is 5.26 Å². The molecule has 134 valence electrons. The van der Waals surface area contributed by atoms with E-state index in [1.54, 1.807) is 30.1 Å². The molecule has 1 aliphatic heterocycles. The van der Waals surface area contributed by atoms with E-state index in [-0.39, 0.29) is 6.03 Å². The van der Waals surface area contributed by atoms with Gasteiger partial charge in [-0.3, -0.25) is 0 Å². The third-order valence-corrected chi connectivity index (χ3v) is 5.17. The maximum absolute atomic E-state index is 12.3. The van der Waals surface area contributed by atoms with Crippen LogP contribution in [0, 0.1) is 11.3 Å². The first-order valence-electron chi connectivity index (χ1n) is 8.58. The van der Waals surface area contributed by atoms with Gasteiger partial charge in [0, 0.05) is 49.6 Å². The predicted molar refractivity (Wildman–Crippen MR) is 103 cm³/mol. The number of rotatable bonds is 5. The van der Waals surface area contributed by atoms with E-state index in [0.717, 1.165) is 11.6 Å². The van der Waals surface area contributed by atoms with E-state index in [1.807, 2.05) is 23.1 Å². The van der Waals surface area contributed by atoms with Crippen LogP contribution < -0.4 is 10.2 Å². The number of nitrogens with zero attached hydrogens (tertiary/aromatic N) is 4. The molecule has 0 radical (unpaired) electrons. The first-order chi connectivity index (χ1) is 12.8. The fourth-order valence-electron chi connectivity index (χ4n) is 2.75. The normalized spacial score (nSPS) is 14.0. The summed E-state index contributed by atoms with van der Waals surface area (Å²) in [6.45, 7) is 3.37. The van der Waals surface area contributed by atoms with Crippen molar-refractivity contribution in [3.05, 3.63) is 54.2 Å². The van der Waals surface area contributed by atoms with Gasteiger partial charge in [0.1, 0.15) is 5.82 Å². The molecule has 0 bridgehead atoms. The molecule has 2 amide bonds. The molecule has 0 unspecified atom stereocenters. The summed E-state index contributed by atoms with van der Waals surface area (Å²) in [5.74, 6) is 1.64. The molecule has 2 heterocycles. The van der Waals surface area contributed by atoms with Crippen molar-refractivity contribution < 1.29 is 4.79 Å². The number of aromatic nitrogens is 1. The molecule has 0 spiro atoms. The number of benzene rings is 1. The van der Waals surface area contributed by atoms with E-state index >= 15 is 0 Å². The lowest BCUT2D eigenvalue weighted by Gasteiger charge is -2.35. The van der Waals surface area contributed by atoms with Gasteiger partial charge in [-0.25, -0.2) is 9.78 Å². The number of hydrogen-bond donors (Lipinski definition) is 1. The number of carbonyl (C=O) groups is 1. The summed E-state index contributed by atoms with van der Waals surface area (Å²) in [5.41, 5.74) is 0.603. The average Bonchev–Trinajstić information content (AvgIpc) is 2.72. The Labute approximate surface area is 157 Å². The summed E-state index contributed by atoms with van der Waals surface area (Å²) < 4.78 is 0. The predicted octanol–water partition coefficient (Wildman–Crippen LogP) is 2.58. The summed E-state index contributed by atoms with van der Waals surface area (Å²) in [5, 5.41) is 12.0. The lowest BCUT2D eigenvalue weighted by molar-refractivity contribution is 0.195. The van der Waals surface area contributed by atoms with E-state index in [1.165, 1.54) is 4.90 Å². The molecule has 0 saturated carbocycles. The lowest BCUT2D eigenvalue weighted by atomic mass is 10.2. The monoisotopic (exact) mass is 367 g/mol. The smallest absolute Gasteiger partial charge is 0.317 e. The number of thioether (sulfide) groups is 1. The Morgan fingerprint density at radius 2 is 1.96 bits per heavy atom. The second kappa shape index (κ2) is 9.11. The molecule has 1 saturated heterocycles. The Morgan fingerprint density at radius 3 is 2.69 bits per heavy atom. The quantitative estimate of drug-likeness (QED) is 0.650. The number of urea groups is 1. The number of pyridine rings is 1. The van der Waals surface area contributed by atoms with Gasteiger partial charge in [0.15, 0.2) is 0 Å². The first-order valence-corrected chi connectivity index (χ1v) is 9.56. The van der Waals surface area contributed by atoms with Gasteiger partial charge in [-0.1, -0.05) is 18.2 Å². The summed E-state index contributed by atoms with van der Waals surface area (Å²) in [6.07, 6.45) is 1.65. The fraction of sp³-hybridized carbons (Fsp3) is 0.316. The molecule has 3 rings (SSSR count). The molecule has 0 atom stereocenters. The second-order valence-electron chi connectivity index (χ2n) is 5.88. The van der Waals surface area contributed by atoms with Crippen LogP contribution in [0.4, 0.5) is 10.6 Å². The number of anilines is 1. The molecule has 1 aliphatic rings. The van der Waals surface area contributed by atoms with Crippen molar-refractivity contribution in [1.29, 1.82) is 5.26 Å². The third-order valence-electron chi connectivity index (χ3n) is 4.16. The van der Waals surface area contributed by atoms with E-state index in [9.17, 15) is 4.79 Å². The Balaban J connectivity index is 1.40. The molecule has 1 N–H and O–H groups in total. The summed E-state index contributed by atoms with van der Waals surface area (Å²) >= 11 is 1.73. The minimum Gasteiger partial charge on any atom is -0.353 e. The van der Waals surface area contributed by atoms with Crippen LogP contribution in [0.5, 0.6) is 0 Å². The molecule has 6 nitrogen and oxygen atoms in total. The van der Waals surface area contributed by atoms with Gasteiger partial charge in [-0.2, -0.15) is 5.26 Å². The van der Waals surface area contributed by atoms with Gasteiger partial charge >= 0.3 is 6.03 Å². The van der Waals surface area contributed by atoms with E-state index < -0.39 is 0 Å². The van der Waals surface area contributed by atoms with Crippen molar-refractivity contribution in [2.45, 2.75) is 4.90 Å². The second-order valence-corrected chi connectivity index (χ2v) is 7.05. The maximum Gasteiger partial charge on any atom is 0.317 e. The molecule has 0 aliphatic carbocycles. The van der Waals surface area contributed by atoms with Gasteiger partial charge in [0.25, 0.3) is 0 Å². The van der Waals surface area contributed by atoms with Gasteiger partial charge in [-0.05, 0) is 24.3 Å². The van der Waals surface area contributed by atoms with Crippen LogP contribution in [0.2, 0.25) is 0 Å². The summed E-state index contributed by atoms with van der Waals surface area (Å²) in [6, 6.07) is 15.8. The topological polar surface area (TPSA) is 72.3 Å². The largest absolute Gasteiger partial charge is 0.353 e. The highest BCUT2D eigenvalue weighted by atomic mass is 32.2. The van der Waals surface area contributed by atoms with Crippen LogP contribution in [0.25, 0.3) is 0 Å². The Kier molecular flexibility index (Phi) is 6.34. The number of nitriles is 1. The van der Waals surface area contributed by atoms with Crippen molar-refractivity contribution in [2.75, 3.05) is 43.4 Å². The van der Waals surface area contributed by atoms with Crippen molar-refractivity contribution in [3.8, 4) is 6.07 Å². The van der Waals surface area contributed by atoms with Crippen LogP contribution >= 0.6 is 11.8 Å². The number of nitrogens with one attached hydrogen (secondary N) is 1. The Hall–Kier alpha value is -2.72. The maximum atomic E-state index is 12.3. The Bertz CT molecular complexity index is 769. The first kappa shape index (κ1) is 18.1. The third kappa shape index (κ3) is 4.90. The van der Waals surface area contributed by atoms with E-state index in [2.05, 4.69) is 33.4 Å². The standard InChI is InChI=1S/C19H21N5OS/c20-15-16-6-7-21-18(14-16)23-9-11-24(12-10-23)19(25)22-8-13-26-17-4-2-1-3-5-17/h1-7,14H,8-13H2,(H,22,25). The molecular weight excluding hydrogens is 346 g/mol. The van der Waals surface area contributed by atoms with Crippen LogP contribution in [0.3, 0.4) is 0 Å². The minimum atomic E-state index is -0.0166. The van der Waals surface area contributed by atoms with Crippen LogP contribution in [0.15, 0.2) is 53.6 Å². The molecule has 7 heteroatoms. The zero-order valence-corrected chi connectivity index (χ0v) is 15.3. The number of amides is 2. The summed E-state index contributed by atoms with van der Waals surface area (Å²) in [7, 11) is 0. The number of carbonyl (C=O) groups excluding carboxylic acids is 1. The molecule has 1 aromatic carbocycles. The molecule has 2 aromatic rings. The van der Waals surface area contributed by atoms with Crippen molar-refractivity contribution in [3.63, 3.8) is 0 Å². The molecule has 1 fully saturated rings. The van der Waals surface area contributed by atoms with Crippen molar-refractivity contribution in [1.82, 2.24) is 15.2 Å². The van der Waals surface area contributed by atoms with E-state index in [0.29, 0.717) is 38.3 Å². The average molecular weight is 367 g/mol. The zero-order chi connectivity index (χ0) is 18.2. The van der Waals surface area contributed by atoms with Crippen molar-refractivity contribution in [2.24, 2.45) is 0 Å². The van der Waals surface area contributed by atoms with Gasteiger partial charge in [0.05, 0.1) is 11.6 Å². The lowest BCUT2D eigenvalue weighted by Crippen LogP contribution is -2.52. The highest BCUT2D eigenvalue weighted by molar-refractivity contribution is 7.99. The minimum absolute atomic E-state index is 0.0166. The van der Waals surface area contributed by atoms with Crippen LogP contribution in [0.1, 0.15) is 5.56 Å².